The Hall–Kier alpha value is -0.960. The molecule has 0 saturated carbocycles. The van der Waals surface area contributed by atoms with E-state index in [2.05, 4.69) is 9.38 Å². The fourth-order valence-electron chi connectivity index (χ4n) is 0.839. The highest BCUT2D eigenvalue weighted by Crippen LogP contribution is 2.24. The van der Waals surface area contributed by atoms with Gasteiger partial charge in [-0.25, -0.2) is 4.40 Å². The van der Waals surface area contributed by atoms with Gasteiger partial charge in [-0.3, -0.25) is 0 Å². The van der Waals surface area contributed by atoms with Crippen LogP contribution in [0.2, 0.25) is 0 Å². The van der Waals surface area contributed by atoms with Crippen LogP contribution in [-0.2, 0) is 0 Å². The number of rotatable bonds is 0. The van der Waals surface area contributed by atoms with Crippen LogP contribution in [0.3, 0.4) is 0 Å². The number of hydrogen-bond acceptors (Lipinski definition) is 2. The van der Waals surface area contributed by atoms with Crippen LogP contribution >= 0.6 is 11.9 Å². The molecule has 1 aliphatic rings. The lowest BCUT2D eigenvalue weighted by Gasteiger charge is -1.88. The fourth-order valence-corrected chi connectivity index (χ4v) is 1.44. The smallest absolute Gasteiger partial charge is 0.0554 e. The van der Waals surface area contributed by atoms with Crippen molar-refractivity contribution >= 4 is 24.2 Å². The summed E-state index contributed by atoms with van der Waals surface area (Å²) < 4.78 is 4.07. The highest BCUT2D eigenvalue weighted by molar-refractivity contribution is 7.98. The summed E-state index contributed by atoms with van der Waals surface area (Å²) in [5.74, 6) is 0. The van der Waals surface area contributed by atoms with E-state index in [1.165, 1.54) is 16.8 Å². The summed E-state index contributed by atoms with van der Waals surface area (Å²) in [6.45, 7) is 0. The van der Waals surface area contributed by atoms with E-state index in [1.54, 1.807) is 6.21 Å². The van der Waals surface area contributed by atoms with Crippen molar-refractivity contribution in [3.05, 3.63) is 24.0 Å². The summed E-state index contributed by atoms with van der Waals surface area (Å²) in [5, 5.41) is 0. The number of aromatic nitrogens is 1. The molecule has 0 aromatic carbocycles. The fraction of sp³-hybridized carbons (Fsp3) is 0. The van der Waals surface area contributed by atoms with Gasteiger partial charge in [0.1, 0.15) is 0 Å². The van der Waals surface area contributed by atoms with Crippen LogP contribution in [0.15, 0.2) is 27.6 Å². The number of fused-ring (bicyclic) bond motifs is 1. The van der Waals surface area contributed by atoms with E-state index in [0.717, 1.165) is 5.69 Å². The van der Waals surface area contributed by atoms with E-state index in [-0.39, 0.29) is 0 Å². The highest BCUT2D eigenvalue weighted by atomic mass is 32.2. The third-order valence-corrected chi connectivity index (χ3v) is 2.08. The molecule has 1 aromatic heterocycles. The molecule has 50 valence electrons. The van der Waals surface area contributed by atoms with Crippen LogP contribution in [0, 0.1) is 0 Å². The van der Waals surface area contributed by atoms with E-state index < -0.39 is 0 Å². The van der Waals surface area contributed by atoms with Gasteiger partial charge in [-0.15, -0.1) is 0 Å². The minimum absolute atomic E-state index is 1.14. The molecule has 0 fully saturated rings. The second kappa shape index (κ2) is 2.34. The van der Waals surface area contributed by atoms with Crippen molar-refractivity contribution in [3.8, 4) is 0 Å². The average molecular weight is 150 g/mol. The molecule has 0 bridgehead atoms. The van der Waals surface area contributed by atoms with Gasteiger partial charge < -0.3 is 4.98 Å². The predicted octanol–water partition coefficient (Wildman–Crippen LogP) is 2.12. The minimum Gasteiger partial charge on any atom is -0.361 e. The Bertz CT molecular complexity index is 286. The number of aromatic amines is 1. The van der Waals surface area contributed by atoms with Gasteiger partial charge in [-0.05, 0) is 18.2 Å². The standard InChI is InChI=1S/C7H6N2S/c1-2-6-7(3-5-8-6)10-9-4-1/h1-5,8H. The van der Waals surface area contributed by atoms with Gasteiger partial charge in [0.25, 0.3) is 0 Å². The van der Waals surface area contributed by atoms with E-state index in [4.69, 9.17) is 0 Å². The molecule has 0 unspecified atom stereocenters. The molecule has 2 nitrogen and oxygen atoms in total. The zero-order valence-corrected chi connectivity index (χ0v) is 6.06. The number of nitrogens with one attached hydrogen (secondary N) is 1. The molecule has 0 amide bonds. The minimum atomic E-state index is 1.14. The molecular weight excluding hydrogens is 144 g/mol. The summed E-state index contributed by atoms with van der Waals surface area (Å²) >= 11 is 1.49. The number of H-pyrrole nitrogens is 1. The van der Waals surface area contributed by atoms with Gasteiger partial charge >= 0.3 is 0 Å². The first kappa shape index (κ1) is 5.80. The SMILES string of the molecule is C1=Cc2[nH]ccc2SN=C1. The topological polar surface area (TPSA) is 28.1 Å². The predicted molar refractivity (Wildman–Crippen MR) is 44.2 cm³/mol. The largest absolute Gasteiger partial charge is 0.361 e. The van der Waals surface area contributed by atoms with Gasteiger partial charge in [-0.1, -0.05) is 0 Å². The second-order valence-corrected chi connectivity index (χ2v) is 2.79. The Balaban J connectivity index is 2.50. The van der Waals surface area contributed by atoms with Gasteiger partial charge in [0.2, 0.25) is 0 Å². The van der Waals surface area contributed by atoms with Crippen molar-refractivity contribution in [2.45, 2.75) is 4.90 Å². The first-order valence-electron chi connectivity index (χ1n) is 3.01. The molecule has 0 atom stereocenters. The molecule has 0 aliphatic carbocycles. The Morgan fingerprint density at radius 2 is 2.50 bits per heavy atom. The monoisotopic (exact) mass is 150 g/mol. The molecule has 1 N–H and O–H groups in total. The molecule has 0 spiro atoms. The Morgan fingerprint density at radius 3 is 3.50 bits per heavy atom. The molecule has 3 heteroatoms. The summed E-state index contributed by atoms with van der Waals surface area (Å²) in [4.78, 5) is 4.30. The first-order valence-corrected chi connectivity index (χ1v) is 3.78. The van der Waals surface area contributed by atoms with E-state index >= 15 is 0 Å². The van der Waals surface area contributed by atoms with Crippen molar-refractivity contribution in [3.63, 3.8) is 0 Å². The lowest BCUT2D eigenvalue weighted by atomic mass is 10.4. The Labute approximate surface area is 63.2 Å². The third kappa shape index (κ3) is 0.885. The van der Waals surface area contributed by atoms with Gasteiger partial charge in [-0.2, -0.15) is 0 Å². The van der Waals surface area contributed by atoms with Crippen LogP contribution in [0.25, 0.3) is 6.08 Å². The van der Waals surface area contributed by atoms with Gasteiger partial charge in [0.15, 0.2) is 0 Å². The molecule has 2 rings (SSSR count). The molecule has 0 saturated heterocycles. The van der Waals surface area contributed by atoms with Crippen LogP contribution in [0.1, 0.15) is 5.69 Å². The van der Waals surface area contributed by atoms with Crippen LogP contribution in [0.4, 0.5) is 0 Å². The molecule has 1 aliphatic heterocycles. The summed E-state index contributed by atoms with van der Waals surface area (Å²) in [6.07, 6.45) is 7.65. The van der Waals surface area contributed by atoms with Crippen LogP contribution in [0.5, 0.6) is 0 Å². The maximum absolute atomic E-state index is 4.07. The molecule has 2 heterocycles. The normalized spacial score (nSPS) is 14.8. The lowest BCUT2D eigenvalue weighted by Crippen LogP contribution is -1.69. The van der Waals surface area contributed by atoms with Crippen molar-refractivity contribution in [1.82, 2.24) is 4.98 Å². The zero-order chi connectivity index (χ0) is 6.81. The molecule has 1 aromatic rings. The third-order valence-electron chi connectivity index (χ3n) is 1.30. The number of hydrogen-bond donors (Lipinski definition) is 1. The molecular formula is C7H6N2S. The lowest BCUT2D eigenvalue weighted by molar-refractivity contribution is 1.33. The van der Waals surface area contributed by atoms with Gasteiger partial charge in [0, 0.05) is 24.4 Å². The van der Waals surface area contributed by atoms with Crippen molar-refractivity contribution in [2.75, 3.05) is 0 Å². The number of allylic oxidation sites excluding steroid dienone is 1. The van der Waals surface area contributed by atoms with Crippen LogP contribution in [-0.4, -0.2) is 11.2 Å². The van der Waals surface area contributed by atoms with E-state index in [9.17, 15) is 0 Å². The Kier molecular flexibility index (Phi) is 1.36. The average Bonchev–Trinajstić information content (AvgIpc) is 2.28. The summed E-state index contributed by atoms with van der Waals surface area (Å²) in [5.41, 5.74) is 1.14. The number of nitrogens with zero attached hydrogens (tertiary/aromatic N) is 1. The Morgan fingerprint density at radius 1 is 1.50 bits per heavy atom. The van der Waals surface area contributed by atoms with Crippen LogP contribution < -0.4 is 0 Å². The van der Waals surface area contributed by atoms with Crippen molar-refractivity contribution < 1.29 is 0 Å². The molecule has 0 radical (unpaired) electrons. The van der Waals surface area contributed by atoms with Gasteiger partial charge in [0.05, 0.1) is 10.6 Å². The molecule has 10 heavy (non-hydrogen) atoms. The quantitative estimate of drug-likeness (QED) is 0.564. The second-order valence-electron chi connectivity index (χ2n) is 1.96. The van der Waals surface area contributed by atoms with Crippen molar-refractivity contribution in [2.24, 2.45) is 4.40 Å². The van der Waals surface area contributed by atoms with Crippen molar-refractivity contribution in [1.29, 1.82) is 0 Å². The summed E-state index contributed by atoms with van der Waals surface area (Å²) in [7, 11) is 0. The zero-order valence-electron chi connectivity index (χ0n) is 5.24. The van der Waals surface area contributed by atoms with E-state index in [0.29, 0.717) is 0 Å². The first-order chi connectivity index (χ1) is 4.97. The van der Waals surface area contributed by atoms with E-state index in [1.807, 2.05) is 24.4 Å². The summed E-state index contributed by atoms with van der Waals surface area (Å²) in [6, 6.07) is 2.02. The maximum atomic E-state index is 4.07. The highest BCUT2D eigenvalue weighted by Gasteiger charge is 2.00. The maximum Gasteiger partial charge on any atom is 0.0554 e.